The predicted molar refractivity (Wildman–Crippen MR) is 90.7 cm³/mol. The molecule has 24 heavy (non-hydrogen) atoms. The summed E-state index contributed by atoms with van der Waals surface area (Å²) >= 11 is 0. The number of hydrogen-bond donors (Lipinski definition) is 0. The Balaban J connectivity index is 1.93. The second kappa shape index (κ2) is 8.30. The van der Waals surface area contributed by atoms with Crippen molar-refractivity contribution in [2.75, 3.05) is 19.7 Å². The molecule has 0 N–H and O–H groups in total. The normalized spacial score (nSPS) is 18.0. The van der Waals surface area contributed by atoms with Gasteiger partial charge in [-0.2, -0.15) is 5.26 Å². The Bertz CT molecular complexity index is 671. The van der Waals surface area contributed by atoms with E-state index in [1.54, 1.807) is 4.90 Å². The molecule has 1 aliphatic rings. The van der Waals surface area contributed by atoms with Gasteiger partial charge in [-0.25, -0.2) is 4.79 Å². The van der Waals surface area contributed by atoms with E-state index in [0.29, 0.717) is 19.0 Å². The molecule has 0 unspecified atom stereocenters. The lowest BCUT2D eigenvalue weighted by Crippen LogP contribution is -2.41. The number of piperidine rings is 1. The number of carbonyl (C=O) groups excluding carboxylic acids is 2. The minimum Gasteiger partial charge on any atom is -0.451 e. The number of amides is 1. The van der Waals surface area contributed by atoms with Gasteiger partial charge in [0.05, 0.1) is 0 Å². The van der Waals surface area contributed by atoms with Crippen LogP contribution in [0.2, 0.25) is 0 Å². The van der Waals surface area contributed by atoms with Crippen LogP contribution in [-0.2, 0) is 14.3 Å². The fraction of sp³-hybridized carbons (Fsp3) is 0.421. The van der Waals surface area contributed by atoms with Gasteiger partial charge in [-0.3, -0.25) is 4.79 Å². The fourth-order valence-corrected chi connectivity index (χ4v) is 2.68. The zero-order chi connectivity index (χ0) is 17.5. The quantitative estimate of drug-likeness (QED) is 0.484. The summed E-state index contributed by atoms with van der Waals surface area (Å²) in [4.78, 5) is 25.8. The number of esters is 1. The molecule has 5 heteroatoms. The highest BCUT2D eigenvalue weighted by molar-refractivity contribution is 5.98. The molecule has 1 heterocycles. The van der Waals surface area contributed by atoms with Gasteiger partial charge in [0.2, 0.25) is 0 Å². The average molecular weight is 326 g/mol. The fourth-order valence-electron chi connectivity index (χ4n) is 2.68. The predicted octanol–water partition coefficient (Wildman–Crippen LogP) is 2.70. The summed E-state index contributed by atoms with van der Waals surface area (Å²) in [7, 11) is 0. The molecule has 1 atom stereocenters. The van der Waals surface area contributed by atoms with Gasteiger partial charge in [0.1, 0.15) is 11.6 Å². The van der Waals surface area contributed by atoms with Gasteiger partial charge in [0.25, 0.3) is 5.91 Å². The summed E-state index contributed by atoms with van der Waals surface area (Å²) < 4.78 is 5.02. The number of carbonyl (C=O) groups is 2. The summed E-state index contributed by atoms with van der Waals surface area (Å²) in [5.74, 6) is -0.506. The van der Waals surface area contributed by atoms with E-state index >= 15 is 0 Å². The van der Waals surface area contributed by atoms with Gasteiger partial charge in [0, 0.05) is 13.1 Å². The van der Waals surface area contributed by atoms with E-state index in [0.717, 1.165) is 24.0 Å². The SMILES string of the molecule is Cc1ccc(/C=C(\C#N)C(=O)OCC(=O)N2CCC[C@@H](C)C2)cc1. The first-order valence-corrected chi connectivity index (χ1v) is 8.13. The smallest absolute Gasteiger partial charge is 0.349 e. The minimum atomic E-state index is -0.767. The molecule has 1 saturated heterocycles. The average Bonchev–Trinajstić information content (AvgIpc) is 2.58. The molecule has 1 fully saturated rings. The number of benzene rings is 1. The largest absolute Gasteiger partial charge is 0.451 e. The zero-order valence-electron chi connectivity index (χ0n) is 14.1. The topological polar surface area (TPSA) is 70.4 Å². The van der Waals surface area contributed by atoms with E-state index < -0.39 is 5.97 Å². The Morgan fingerprint density at radius 1 is 1.38 bits per heavy atom. The molecule has 0 saturated carbocycles. The van der Waals surface area contributed by atoms with Crippen LogP contribution in [0.3, 0.4) is 0 Å². The molecule has 1 amide bonds. The van der Waals surface area contributed by atoms with E-state index in [1.807, 2.05) is 37.3 Å². The second-order valence-corrected chi connectivity index (χ2v) is 6.24. The van der Waals surface area contributed by atoms with Crippen LogP contribution in [0, 0.1) is 24.2 Å². The van der Waals surface area contributed by atoms with Crippen LogP contribution in [0.4, 0.5) is 0 Å². The number of hydrogen-bond acceptors (Lipinski definition) is 4. The Hall–Kier alpha value is -2.61. The number of aryl methyl sites for hydroxylation is 1. The first-order valence-electron chi connectivity index (χ1n) is 8.13. The first kappa shape index (κ1) is 17.7. The van der Waals surface area contributed by atoms with Crippen LogP contribution in [0.15, 0.2) is 29.8 Å². The highest BCUT2D eigenvalue weighted by atomic mass is 16.5. The van der Waals surface area contributed by atoms with Crippen molar-refractivity contribution in [1.82, 2.24) is 4.90 Å². The molecule has 2 rings (SSSR count). The van der Waals surface area contributed by atoms with Gasteiger partial charge in [-0.1, -0.05) is 36.8 Å². The number of rotatable bonds is 4. The van der Waals surface area contributed by atoms with E-state index in [1.165, 1.54) is 6.08 Å². The van der Waals surface area contributed by atoms with Gasteiger partial charge < -0.3 is 9.64 Å². The summed E-state index contributed by atoms with van der Waals surface area (Å²) in [6.07, 6.45) is 3.55. The van der Waals surface area contributed by atoms with Crippen molar-refractivity contribution >= 4 is 18.0 Å². The van der Waals surface area contributed by atoms with Gasteiger partial charge >= 0.3 is 5.97 Å². The molecule has 1 aliphatic heterocycles. The molecule has 0 spiro atoms. The summed E-state index contributed by atoms with van der Waals surface area (Å²) in [5, 5.41) is 9.15. The highest BCUT2D eigenvalue weighted by Gasteiger charge is 2.22. The van der Waals surface area contributed by atoms with Crippen LogP contribution in [0.25, 0.3) is 6.08 Å². The minimum absolute atomic E-state index is 0.112. The maximum atomic E-state index is 12.1. The molecule has 1 aromatic carbocycles. The molecule has 0 radical (unpaired) electrons. The number of nitrogens with zero attached hydrogens (tertiary/aromatic N) is 2. The Kier molecular flexibility index (Phi) is 6.14. The number of likely N-dealkylation sites (tertiary alicyclic amines) is 1. The van der Waals surface area contributed by atoms with Crippen LogP contribution in [-0.4, -0.2) is 36.5 Å². The van der Waals surface area contributed by atoms with Crippen LogP contribution >= 0.6 is 0 Å². The maximum Gasteiger partial charge on any atom is 0.349 e. The molecular formula is C19H22N2O3. The van der Waals surface area contributed by atoms with E-state index in [4.69, 9.17) is 10.00 Å². The Labute approximate surface area is 142 Å². The Morgan fingerprint density at radius 3 is 2.71 bits per heavy atom. The molecule has 0 aromatic heterocycles. The van der Waals surface area contributed by atoms with Gasteiger partial charge in [-0.15, -0.1) is 0 Å². The van der Waals surface area contributed by atoms with E-state index in [2.05, 4.69) is 6.92 Å². The van der Waals surface area contributed by atoms with E-state index in [9.17, 15) is 9.59 Å². The van der Waals surface area contributed by atoms with Crippen LogP contribution in [0.5, 0.6) is 0 Å². The van der Waals surface area contributed by atoms with Gasteiger partial charge in [0.15, 0.2) is 6.61 Å². The van der Waals surface area contributed by atoms with Crippen molar-refractivity contribution in [3.05, 3.63) is 41.0 Å². The van der Waals surface area contributed by atoms with Crippen molar-refractivity contribution in [1.29, 1.82) is 5.26 Å². The number of nitriles is 1. The first-order chi connectivity index (χ1) is 11.5. The third kappa shape index (κ3) is 4.95. The molecule has 5 nitrogen and oxygen atoms in total. The van der Waals surface area contributed by atoms with Gasteiger partial charge in [-0.05, 0) is 37.3 Å². The lowest BCUT2D eigenvalue weighted by molar-refractivity contribution is -0.149. The summed E-state index contributed by atoms with van der Waals surface area (Å²) in [5.41, 5.74) is 1.72. The maximum absolute atomic E-state index is 12.1. The molecule has 1 aromatic rings. The monoisotopic (exact) mass is 326 g/mol. The number of ether oxygens (including phenoxy) is 1. The molecule has 126 valence electrons. The lowest BCUT2D eigenvalue weighted by atomic mass is 10.0. The van der Waals surface area contributed by atoms with Crippen molar-refractivity contribution in [3.8, 4) is 6.07 Å². The molecular weight excluding hydrogens is 304 g/mol. The summed E-state index contributed by atoms with van der Waals surface area (Å²) in [6, 6.07) is 9.27. The molecule has 0 bridgehead atoms. The van der Waals surface area contributed by atoms with Crippen molar-refractivity contribution < 1.29 is 14.3 Å². The van der Waals surface area contributed by atoms with Crippen molar-refractivity contribution in [2.24, 2.45) is 5.92 Å². The van der Waals surface area contributed by atoms with E-state index in [-0.39, 0.29) is 18.1 Å². The van der Waals surface area contributed by atoms with Crippen molar-refractivity contribution in [3.63, 3.8) is 0 Å². The second-order valence-electron chi connectivity index (χ2n) is 6.24. The third-order valence-electron chi connectivity index (χ3n) is 4.07. The standard InChI is InChI=1S/C19H22N2O3/c1-14-5-7-16(8-6-14)10-17(11-20)19(23)24-13-18(22)21-9-3-4-15(2)12-21/h5-8,10,15H,3-4,9,12-13H2,1-2H3/b17-10+/t15-/m1/s1. The Morgan fingerprint density at radius 2 is 2.08 bits per heavy atom. The summed E-state index contributed by atoms with van der Waals surface area (Å²) in [6.45, 7) is 5.13. The third-order valence-corrected chi connectivity index (χ3v) is 4.07. The lowest BCUT2D eigenvalue weighted by Gasteiger charge is -2.30. The molecule has 0 aliphatic carbocycles. The van der Waals surface area contributed by atoms with Crippen LogP contribution in [0.1, 0.15) is 30.9 Å². The van der Waals surface area contributed by atoms with Crippen molar-refractivity contribution in [2.45, 2.75) is 26.7 Å². The van der Waals surface area contributed by atoms with Crippen LogP contribution < -0.4 is 0 Å². The zero-order valence-corrected chi connectivity index (χ0v) is 14.1. The highest BCUT2D eigenvalue weighted by Crippen LogP contribution is 2.15.